The summed E-state index contributed by atoms with van der Waals surface area (Å²) in [5.41, 5.74) is 1.73. The van der Waals surface area contributed by atoms with Crippen molar-refractivity contribution in [2.45, 2.75) is 0 Å². The van der Waals surface area contributed by atoms with E-state index < -0.39 is 16.6 Å². The molecule has 1 amide bonds. The minimum absolute atomic E-state index is 0.0277. The molecule has 0 fully saturated rings. The minimum Gasteiger partial charge on any atom is -0.497 e. The molecule has 1 heterocycles. The van der Waals surface area contributed by atoms with Crippen LogP contribution in [0.1, 0.15) is 10.5 Å². The molecule has 4 aromatic rings. The van der Waals surface area contributed by atoms with E-state index in [1.807, 2.05) is 0 Å². The molecular weight excluding hydrogens is 415 g/mol. The van der Waals surface area contributed by atoms with Gasteiger partial charge in [-0.15, -0.1) is 0 Å². The Morgan fingerprint density at radius 3 is 2.38 bits per heavy atom. The van der Waals surface area contributed by atoms with Gasteiger partial charge in [-0.2, -0.15) is 5.10 Å². The van der Waals surface area contributed by atoms with E-state index in [4.69, 9.17) is 4.74 Å². The Hall–Kier alpha value is -4.53. The van der Waals surface area contributed by atoms with E-state index in [0.717, 1.165) is 5.56 Å². The summed E-state index contributed by atoms with van der Waals surface area (Å²) in [7, 11) is 1.56. The molecule has 0 atom stereocenters. The van der Waals surface area contributed by atoms with E-state index in [1.54, 1.807) is 43.5 Å². The first-order chi connectivity index (χ1) is 15.5. The zero-order valence-corrected chi connectivity index (χ0v) is 16.9. The number of non-ortho nitro benzene ring substituents is 1. The highest BCUT2D eigenvalue weighted by Gasteiger charge is 2.19. The zero-order chi connectivity index (χ0) is 22.7. The number of hydrogen-bond donors (Lipinski definition) is 1. The van der Waals surface area contributed by atoms with Crippen LogP contribution in [0.4, 0.5) is 15.8 Å². The van der Waals surface area contributed by atoms with Crippen LogP contribution in [0.15, 0.2) is 78.9 Å². The number of carbonyl (C=O) groups is 1. The molecule has 1 N–H and O–H groups in total. The van der Waals surface area contributed by atoms with Crippen molar-refractivity contribution in [3.05, 3.63) is 100 Å². The number of nitrogens with one attached hydrogen (secondary N) is 1. The lowest BCUT2D eigenvalue weighted by Gasteiger charge is -2.09. The number of aromatic nitrogens is 2. The molecule has 0 unspecified atom stereocenters. The van der Waals surface area contributed by atoms with Crippen LogP contribution in [0.5, 0.6) is 5.75 Å². The summed E-state index contributed by atoms with van der Waals surface area (Å²) in [6, 6.07) is 20.1. The van der Waals surface area contributed by atoms with Crippen molar-refractivity contribution in [2.24, 2.45) is 0 Å². The lowest BCUT2D eigenvalue weighted by Crippen LogP contribution is -2.17. The van der Waals surface area contributed by atoms with Gasteiger partial charge < -0.3 is 10.1 Å². The first-order valence-electron chi connectivity index (χ1n) is 9.51. The molecule has 160 valence electrons. The van der Waals surface area contributed by atoms with Gasteiger partial charge in [-0.25, -0.2) is 9.07 Å². The van der Waals surface area contributed by atoms with Gasteiger partial charge in [0.25, 0.3) is 11.6 Å². The fourth-order valence-electron chi connectivity index (χ4n) is 3.11. The molecule has 9 heteroatoms. The second kappa shape index (κ2) is 8.68. The largest absolute Gasteiger partial charge is 0.497 e. The number of nitro benzene ring substituents is 1. The monoisotopic (exact) mass is 432 g/mol. The second-order valence-corrected chi connectivity index (χ2v) is 6.76. The number of ether oxygens (including phenoxy) is 1. The van der Waals surface area contributed by atoms with E-state index in [1.165, 1.54) is 47.1 Å². The quantitative estimate of drug-likeness (QED) is 0.347. The summed E-state index contributed by atoms with van der Waals surface area (Å²) in [4.78, 5) is 23.5. The summed E-state index contributed by atoms with van der Waals surface area (Å²) in [5.74, 6) is -0.487. The number of nitrogens with zero attached hydrogens (tertiary/aromatic N) is 3. The highest BCUT2D eigenvalue weighted by molar-refractivity contribution is 6.04. The number of halogens is 1. The molecule has 32 heavy (non-hydrogen) atoms. The maximum Gasteiger partial charge on any atom is 0.274 e. The first-order valence-corrected chi connectivity index (χ1v) is 9.51. The van der Waals surface area contributed by atoms with E-state index >= 15 is 0 Å². The van der Waals surface area contributed by atoms with Gasteiger partial charge in [0.1, 0.15) is 17.3 Å². The van der Waals surface area contributed by atoms with Crippen LogP contribution in [-0.4, -0.2) is 27.7 Å². The van der Waals surface area contributed by atoms with Gasteiger partial charge in [0.05, 0.1) is 29.1 Å². The third kappa shape index (κ3) is 4.17. The normalized spacial score (nSPS) is 10.6. The van der Waals surface area contributed by atoms with Crippen molar-refractivity contribution >= 4 is 17.3 Å². The predicted octanol–water partition coefficient (Wildman–Crippen LogP) is 4.85. The van der Waals surface area contributed by atoms with Gasteiger partial charge in [0.2, 0.25) is 0 Å². The molecule has 0 spiro atoms. The topological polar surface area (TPSA) is 99.3 Å². The molecule has 1 aromatic heterocycles. The molecule has 3 aromatic carbocycles. The Bertz CT molecular complexity index is 1280. The van der Waals surface area contributed by atoms with Crippen LogP contribution in [0.25, 0.3) is 16.9 Å². The van der Waals surface area contributed by atoms with Gasteiger partial charge in [-0.05, 0) is 54.6 Å². The summed E-state index contributed by atoms with van der Waals surface area (Å²) >= 11 is 0. The number of rotatable bonds is 6. The Morgan fingerprint density at radius 2 is 1.75 bits per heavy atom. The number of amides is 1. The van der Waals surface area contributed by atoms with Gasteiger partial charge >= 0.3 is 0 Å². The fraction of sp³-hybridized carbons (Fsp3) is 0.0435. The number of para-hydroxylation sites is 1. The highest BCUT2D eigenvalue weighted by Crippen LogP contribution is 2.26. The van der Waals surface area contributed by atoms with E-state index in [-0.39, 0.29) is 17.1 Å². The van der Waals surface area contributed by atoms with Crippen LogP contribution in [0, 0.1) is 15.9 Å². The molecule has 0 radical (unpaired) electrons. The lowest BCUT2D eigenvalue weighted by atomic mass is 10.1. The van der Waals surface area contributed by atoms with E-state index in [9.17, 15) is 19.3 Å². The van der Waals surface area contributed by atoms with Crippen LogP contribution < -0.4 is 10.1 Å². The lowest BCUT2D eigenvalue weighted by molar-refractivity contribution is -0.384. The molecule has 0 aliphatic heterocycles. The van der Waals surface area contributed by atoms with Gasteiger partial charge in [-0.3, -0.25) is 14.9 Å². The molecule has 4 rings (SSSR count). The van der Waals surface area contributed by atoms with Crippen molar-refractivity contribution in [2.75, 3.05) is 12.4 Å². The molecule has 0 bridgehead atoms. The van der Waals surface area contributed by atoms with Crippen LogP contribution in [0.2, 0.25) is 0 Å². The number of nitro groups is 1. The average Bonchev–Trinajstić information content (AvgIpc) is 3.26. The maximum atomic E-state index is 14.0. The molecule has 0 aliphatic carbocycles. The van der Waals surface area contributed by atoms with E-state index in [2.05, 4.69) is 10.4 Å². The molecular formula is C23H17FN4O4. The van der Waals surface area contributed by atoms with Crippen molar-refractivity contribution < 1.29 is 18.8 Å². The molecule has 8 nitrogen and oxygen atoms in total. The van der Waals surface area contributed by atoms with Crippen molar-refractivity contribution in [3.8, 4) is 22.7 Å². The number of methoxy groups -OCH3 is 1. The third-order valence-corrected chi connectivity index (χ3v) is 4.75. The predicted molar refractivity (Wildman–Crippen MR) is 117 cm³/mol. The van der Waals surface area contributed by atoms with Crippen molar-refractivity contribution in [1.29, 1.82) is 0 Å². The zero-order valence-electron chi connectivity index (χ0n) is 16.9. The summed E-state index contributed by atoms with van der Waals surface area (Å²) in [5, 5.41) is 18.0. The number of carbonyl (C=O) groups excluding carboxylic acids is 1. The van der Waals surface area contributed by atoms with Gasteiger partial charge in [0, 0.05) is 17.7 Å². The standard InChI is InChI=1S/C23H17FN4O4/c1-32-18-12-6-15(7-13-18)21-14-22(23(29)25-20-5-3-2-4-19(20)24)27(26-21)16-8-10-17(11-9-16)28(30)31/h2-14H,1H3,(H,25,29). The van der Waals surface area contributed by atoms with Crippen LogP contribution in [0.3, 0.4) is 0 Å². The highest BCUT2D eigenvalue weighted by atomic mass is 19.1. The molecule has 0 saturated carbocycles. The summed E-state index contributed by atoms with van der Waals surface area (Å²) in [6.45, 7) is 0. The smallest absolute Gasteiger partial charge is 0.274 e. The third-order valence-electron chi connectivity index (χ3n) is 4.75. The molecule has 0 saturated heterocycles. The Balaban J connectivity index is 1.77. The van der Waals surface area contributed by atoms with Crippen molar-refractivity contribution in [1.82, 2.24) is 9.78 Å². The average molecular weight is 432 g/mol. The Labute approximate surface area is 182 Å². The fourth-order valence-corrected chi connectivity index (χ4v) is 3.11. The first kappa shape index (κ1) is 20.7. The van der Waals surface area contributed by atoms with Gasteiger partial charge in [0.15, 0.2) is 0 Å². The summed E-state index contributed by atoms with van der Waals surface area (Å²) < 4.78 is 20.6. The maximum absolute atomic E-state index is 14.0. The van der Waals surface area contributed by atoms with Gasteiger partial charge in [-0.1, -0.05) is 12.1 Å². The number of anilines is 1. The minimum atomic E-state index is -0.583. The van der Waals surface area contributed by atoms with Crippen LogP contribution in [-0.2, 0) is 0 Å². The second-order valence-electron chi connectivity index (χ2n) is 6.76. The SMILES string of the molecule is COc1ccc(-c2cc(C(=O)Nc3ccccc3F)n(-c3ccc([N+](=O)[O-])cc3)n2)cc1. The van der Waals surface area contributed by atoms with Crippen LogP contribution >= 0.6 is 0 Å². The van der Waals surface area contributed by atoms with Crippen molar-refractivity contribution in [3.63, 3.8) is 0 Å². The Morgan fingerprint density at radius 1 is 1.06 bits per heavy atom. The number of hydrogen-bond acceptors (Lipinski definition) is 5. The van der Waals surface area contributed by atoms with E-state index in [0.29, 0.717) is 17.1 Å². The Kier molecular flexibility index (Phi) is 5.63. The number of benzene rings is 3. The summed E-state index contributed by atoms with van der Waals surface area (Å²) in [6.07, 6.45) is 0. The molecule has 0 aliphatic rings.